The van der Waals surface area contributed by atoms with E-state index in [0.29, 0.717) is 0 Å². The number of rotatable bonds is 15. The third kappa shape index (κ3) is 9.80. The summed E-state index contributed by atoms with van der Waals surface area (Å²) in [5.74, 6) is -0.776. The van der Waals surface area contributed by atoms with Crippen molar-refractivity contribution < 1.29 is 17.9 Å². The maximum atomic E-state index is 13.2. The van der Waals surface area contributed by atoms with Crippen LogP contribution in [0.1, 0.15) is 93.9 Å². The van der Waals surface area contributed by atoms with Crippen LogP contribution in [0.5, 0.6) is 0 Å². The molecule has 7 heteroatoms. The van der Waals surface area contributed by atoms with Crippen LogP contribution in [0, 0.1) is 5.92 Å². The molecule has 0 aromatic heterocycles. The van der Waals surface area contributed by atoms with Gasteiger partial charge in [-0.15, -0.1) is 0 Å². The zero-order valence-electron chi connectivity index (χ0n) is 22.9. The normalized spacial score (nSPS) is 13.8. The van der Waals surface area contributed by atoms with Gasteiger partial charge in [0, 0.05) is 0 Å². The van der Waals surface area contributed by atoms with Gasteiger partial charge in [-0.2, -0.15) is 0 Å². The predicted octanol–water partition coefficient (Wildman–Crippen LogP) is 6.39. The molecule has 0 aliphatic carbocycles. The first-order chi connectivity index (χ1) is 15.8. The Bertz CT molecular complexity index is 823. The number of benzene rings is 1. The molecule has 0 saturated heterocycles. The summed E-state index contributed by atoms with van der Waals surface area (Å²) in [6.07, 6.45) is 7.39. The number of sulfonamides is 1. The molecule has 1 N–H and O–H groups in total. The second-order valence-corrected chi connectivity index (χ2v) is 25.9. The summed E-state index contributed by atoms with van der Waals surface area (Å²) in [7, 11) is -3.85. The van der Waals surface area contributed by atoms with Crippen molar-refractivity contribution >= 4 is 37.9 Å². The van der Waals surface area contributed by atoms with Gasteiger partial charge in [0.25, 0.3) is 0 Å². The second kappa shape index (κ2) is 14.2. The Labute approximate surface area is 213 Å². The standard InChI is InChI=1S/C15H22NO4S.3C4H9.Sn/c1-11(2)13(14(17)20-15(3,4)5)16-21(18,19)12-9-7-6-8-10-12;3*1-3-4-2;/h7-11,13,16H,1-5H3;3*1,3-4H2,2H3;. The summed E-state index contributed by atoms with van der Waals surface area (Å²) in [6, 6.07) is 6.74. The molecule has 5 nitrogen and oxygen atoms in total. The first-order valence-corrected chi connectivity index (χ1v) is 22.1. The van der Waals surface area contributed by atoms with E-state index in [9.17, 15) is 13.2 Å². The van der Waals surface area contributed by atoms with E-state index in [1.165, 1.54) is 55.4 Å². The van der Waals surface area contributed by atoms with Crippen molar-refractivity contribution in [3.63, 3.8) is 0 Å². The van der Waals surface area contributed by atoms with Gasteiger partial charge in [-0.05, 0) is 0 Å². The van der Waals surface area contributed by atoms with Crippen LogP contribution in [-0.2, 0) is 19.6 Å². The number of ether oxygens (including phenoxy) is 1. The second-order valence-electron chi connectivity index (χ2n) is 11.0. The number of unbranched alkanes of at least 4 members (excludes halogenated alkanes) is 3. The van der Waals surface area contributed by atoms with Crippen LogP contribution in [-0.4, -0.2) is 44.4 Å². The van der Waals surface area contributed by atoms with Crippen molar-refractivity contribution in [3.05, 3.63) is 24.3 Å². The van der Waals surface area contributed by atoms with Gasteiger partial charge in [-0.3, -0.25) is 0 Å². The van der Waals surface area contributed by atoms with E-state index in [2.05, 4.69) is 37.6 Å². The molecular formula is C27H49NO4SSn. The van der Waals surface area contributed by atoms with Crippen LogP contribution >= 0.6 is 0 Å². The predicted molar refractivity (Wildman–Crippen MR) is 146 cm³/mol. The molecule has 0 spiro atoms. The van der Waals surface area contributed by atoms with Crippen LogP contribution in [0.25, 0.3) is 0 Å². The number of carbonyl (C=O) groups is 1. The summed E-state index contributed by atoms with van der Waals surface area (Å²) < 4.78 is 39.9. The molecule has 0 saturated carbocycles. The molecule has 1 atom stereocenters. The van der Waals surface area contributed by atoms with E-state index >= 15 is 0 Å². The molecule has 0 amide bonds. The molecule has 1 rings (SSSR count). The molecule has 196 valence electrons. The SMILES string of the molecule is CCC[CH2][Sn]([CH2]CCC)([CH2]CCC)[c]1ccc(S(=O)(=O)NC(C(=O)OC(C)(C)C)C(C)C)cc1. The fourth-order valence-corrected chi connectivity index (χ4v) is 21.7. The zero-order valence-corrected chi connectivity index (χ0v) is 26.5. The van der Waals surface area contributed by atoms with Crippen LogP contribution in [0.4, 0.5) is 0 Å². The molecule has 0 heterocycles. The zero-order chi connectivity index (χ0) is 26.0. The Morgan fingerprint density at radius 3 is 1.71 bits per heavy atom. The number of hydrogen-bond acceptors (Lipinski definition) is 4. The number of hydrogen-bond donors (Lipinski definition) is 1. The van der Waals surface area contributed by atoms with Gasteiger partial charge in [-0.25, -0.2) is 0 Å². The van der Waals surface area contributed by atoms with Crippen LogP contribution in [0.15, 0.2) is 29.2 Å². The molecule has 0 aliphatic heterocycles. The average Bonchev–Trinajstić information content (AvgIpc) is 2.76. The number of nitrogens with one attached hydrogen (secondary N) is 1. The summed E-state index contributed by atoms with van der Waals surface area (Å²) in [6.45, 7) is 15.8. The fraction of sp³-hybridized carbons (Fsp3) is 0.741. The molecule has 0 aliphatic rings. The van der Waals surface area contributed by atoms with Gasteiger partial charge in [0.2, 0.25) is 0 Å². The Morgan fingerprint density at radius 1 is 0.912 bits per heavy atom. The molecule has 0 bridgehead atoms. The molecule has 0 radical (unpaired) electrons. The first kappa shape index (κ1) is 31.4. The number of esters is 1. The van der Waals surface area contributed by atoms with E-state index in [1.54, 1.807) is 32.9 Å². The van der Waals surface area contributed by atoms with Crippen LogP contribution < -0.4 is 8.30 Å². The molecule has 0 fully saturated rings. The van der Waals surface area contributed by atoms with Crippen molar-refractivity contribution in [1.29, 1.82) is 0 Å². The third-order valence-electron chi connectivity index (χ3n) is 6.41. The van der Waals surface area contributed by atoms with Gasteiger partial charge in [-0.1, -0.05) is 0 Å². The molecule has 34 heavy (non-hydrogen) atoms. The number of carbonyl (C=O) groups excluding carboxylic acids is 1. The van der Waals surface area contributed by atoms with E-state index < -0.39 is 46.0 Å². The third-order valence-corrected chi connectivity index (χ3v) is 23.5. The van der Waals surface area contributed by atoms with E-state index in [-0.39, 0.29) is 10.8 Å². The van der Waals surface area contributed by atoms with E-state index in [4.69, 9.17) is 4.74 Å². The van der Waals surface area contributed by atoms with Gasteiger partial charge in [0.1, 0.15) is 0 Å². The van der Waals surface area contributed by atoms with E-state index in [1.807, 2.05) is 13.8 Å². The molecule has 1 aromatic rings. The maximum absolute atomic E-state index is 13.2. The first-order valence-electron chi connectivity index (χ1n) is 13.2. The molecular weight excluding hydrogens is 553 g/mol. The summed E-state index contributed by atoms with van der Waals surface area (Å²) in [4.78, 5) is 12.9. The average molecular weight is 602 g/mol. The van der Waals surface area contributed by atoms with Crippen molar-refractivity contribution in [3.8, 4) is 0 Å². The Morgan fingerprint density at radius 2 is 1.35 bits per heavy atom. The van der Waals surface area contributed by atoms with Crippen molar-refractivity contribution in [1.82, 2.24) is 4.72 Å². The van der Waals surface area contributed by atoms with Crippen molar-refractivity contribution in [2.75, 3.05) is 0 Å². The van der Waals surface area contributed by atoms with Gasteiger partial charge in [0.05, 0.1) is 0 Å². The van der Waals surface area contributed by atoms with Crippen molar-refractivity contribution in [2.45, 2.75) is 124 Å². The summed E-state index contributed by atoms with van der Waals surface area (Å²) >= 11 is -2.62. The van der Waals surface area contributed by atoms with E-state index in [0.717, 1.165) is 0 Å². The summed E-state index contributed by atoms with van der Waals surface area (Å²) in [5, 5.41) is 0. The monoisotopic (exact) mass is 603 g/mol. The topological polar surface area (TPSA) is 72.5 Å². The Hall–Kier alpha value is -0.601. The molecule has 1 aromatic carbocycles. The minimum atomic E-state index is -3.85. The Balaban J connectivity index is 3.24. The van der Waals surface area contributed by atoms with Crippen molar-refractivity contribution in [2.24, 2.45) is 5.92 Å². The van der Waals surface area contributed by atoms with Gasteiger partial charge >= 0.3 is 215 Å². The molecule has 1 unspecified atom stereocenters. The Kier molecular flexibility index (Phi) is 13.1. The van der Waals surface area contributed by atoms with Gasteiger partial charge in [0.15, 0.2) is 0 Å². The van der Waals surface area contributed by atoms with Crippen LogP contribution in [0.2, 0.25) is 13.3 Å². The minimum absolute atomic E-state index is 0.215. The van der Waals surface area contributed by atoms with Crippen LogP contribution in [0.3, 0.4) is 0 Å². The van der Waals surface area contributed by atoms with Gasteiger partial charge < -0.3 is 0 Å². The summed E-state index contributed by atoms with van der Waals surface area (Å²) in [5.41, 5.74) is -0.677. The quantitative estimate of drug-likeness (QED) is 0.187. The fourth-order valence-electron chi connectivity index (χ4n) is 4.40.